The molecule has 0 bridgehead atoms. The van der Waals surface area contributed by atoms with E-state index in [0.29, 0.717) is 17.0 Å². The zero-order valence-electron chi connectivity index (χ0n) is 10.9. The third kappa shape index (κ3) is 1.88. The van der Waals surface area contributed by atoms with Crippen LogP contribution in [0.15, 0.2) is 42.6 Å². The van der Waals surface area contributed by atoms with Gasteiger partial charge in [0.2, 0.25) is 5.95 Å². The monoisotopic (exact) mass is 274 g/mol. The molecule has 0 aliphatic heterocycles. The molecule has 0 saturated heterocycles. The summed E-state index contributed by atoms with van der Waals surface area (Å²) in [4.78, 5) is 7.60. The summed E-state index contributed by atoms with van der Waals surface area (Å²) in [5.74, 6) is 0.607. The van der Waals surface area contributed by atoms with Crippen molar-refractivity contribution < 1.29 is 0 Å². The maximum atomic E-state index is 9.09. The van der Waals surface area contributed by atoms with Crippen LogP contribution in [0.4, 0.5) is 11.6 Å². The number of aromatic nitrogens is 4. The molecule has 2 aromatic heterocycles. The van der Waals surface area contributed by atoms with Crippen LogP contribution in [0.25, 0.3) is 21.9 Å². The molecule has 6 heteroatoms. The van der Waals surface area contributed by atoms with Gasteiger partial charge < -0.3 is 10.3 Å². The summed E-state index contributed by atoms with van der Waals surface area (Å²) < 4.78 is 0. The summed E-state index contributed by atoms with van der Waals surface area (Å²) >= 11 is 0. The van der Waals surface area contributed by atoms with Crippen molar-refractivity contribution in [3.63, 3.8) is 0 Å². The maximum Gasteiger partial charge on any atom is 0.205 e. The van der Waals surface area contributed by atoms with E-state index in [2.05, 4.69) is 31.6 Å². The number of imidazole rings is 1. The van der Waals surface area contributed by atoms with E-state index >= 15 is 0 Å². The first kappa shape index (κ1) is 11.5. The quantitative estimate of drug-likeness (QED) is 0.523. The molecule has 0 unspecified atom stereocenters. The van der Waals surface area contributed by atoms with Crippen molar-refractivity contribution in [2.24, 2.45) is 0 Å². The van der Waals surface area contributed by atoms with Gasteiger partial charge in [-0.25, -0.2) is 4.98 Å². The van der Waals surface area contributed by atoms with Crippen molar-refractivity contribution in [3.05, 3.63) is 48.2 Å². The van der Waals surface area contributed by atoms with Crippen LogP contribution in [0, 0.1) is 11.3 Å². The Morgan fingerprint density at radius 3 is 3.00 bits per heavy atom. The molecule has 0 saturated carbocycles. The standard InChI is InChI=1S/C15H10N6/c16-7-9-2-1-3-13-14(9)20-15(19-13)18-11-4-5-12-10(6-11)8-17-21-12/h1-6,8H,(H,17,21)(H2,18,19,20). The van der Waals surface area contributed by atoms with Gasteiger partial charge in [-0.3, -0.25) is 5.10 Å². The minimum Gasteiger partial charge on any atom is -0.326 e. The second-order valence-electron chi connectivity index (χ2n) is 4.70. The number of fused-ring (bicyclic) bond motifs is 2. The van der Waals surface area contributed by atoms with Crippen molar-refractivity contribution in [1.82, 2.24) is 20.2 Å². The topological polar surface area (TPSA) is 93.2 Å². The Balaban J connectivity index is 1.75. The van der Waals surface area contributed by atoms with Gasteiger partial charge in [0.25, 0.3) is 0 Å². The van der Waals surface area contributed by atoms with E-state index < -0.39 is 0 Å². The Morgan fingerprint density at radius 2 is 2.10 bits per heavy atom. The lowest BCUT2D eigenvalue weighted by atomic mass is 10.2. The summed E-state index contributed by atoms with van der Waals surface area (Å²) in [6, 6.07) is 13.5. The number of hydrogen-bond acceptors (Lipinski definition) is 4. The summed E-state index contributed by atoms with van der Waals surface area (Å²) in [5.41, 5.74) is 3.95. The fourth-order valence-corrected chi connectivity index (χ4v) is 2.34. The molecule has 0 aliphatic rings. The highest BCUT2D eigenvalue weighted by Crippen LogP contribution is 2.22. The van der Waals surface area contributed by atoms with Crippen LogP contribution in [0.3, 0.4) is 0 Å². The first-order valence-electron chi connectivity index (χ1n) is 6.42. The predicted octanol–water partition coefficient (Wildman–Crippen LogP) is 3.05. The molecule has 0 spiro atoms. The van der Waals surface area contributed by atoms with Gasteiger partial charge in [-0.2, -0.15) is 10.4 Å². The number of nitriles is 1. The van der Waals surface area contributed by atoms with Gasteiger partial charge in [-0.15, -0.1) is 0 Å². The van der Waals surface area contributed by atoms with Crippen molar-refractivity contribution in [3.8, 4) is 6.07 Å². The third-order valence-corrected chi connectivity index (χ3v) is 3.34. The molecule has 3 N–H and O–H groups in total. The lowest BCUT2D eigenvalue weighted by Gasteiger charge is -2.02. The molecule has 21 heavy (non-hydrogen) atoms. The van der Waals surface area contributed by atoms with E-state index in [-0.39, 0.29) is 0 Å². The van der Waals surface area contributed by atoms with Gasteiger partial charge in [0.15, 0.2) is 0 Å². The Morgan fingerprint density at radius 1 is 1.14 bits per heavy atom. The second kappa shape index (κ2) is 4.35. The smallest absolute Gasteiger partial charge is 0.205 e. The number of rotatable bonds is 2. The van der Waals surface area contributed by atoms with E-state index in [4.69, 9.17) is 5.26 Å². The number of H-pyrrole nitrogens is 2. The first-order valence-corrected chi connectivity index (χ1v) is 6.42. The van der Waals surface area contributed by atoms with Crippen molar-refractivity contribution >= 4 is 33.6 Å². The van der Waals surface area contributed by atoms with Crippen LogP contribution in [0.5, 0.6) is 0 Å². The molecule has 100 valence electrons. The molecule has 2 aromatic carbocycles. The molecule has 4 rings (SSSR count). The normalized spacial score (nSPS) is 10.8. The molecule has 0 amide bonds. The molecule has 4 aromatic rings. The molecule has 0 radical (unpaired) electrons. The SMILES string of the molecule is N#Cc1cccc2[nH]c(Nc3ccc4[nH]ncc4c3)nc12. The van der Waals surface area contributed by atoms with Crippen molar-refractivity contribution in [1.29, 1.82) is 5.26 Å². The van der Waals surface area contributed by atoms with E-state index in [0.717, 1.165) is 22.1 Å². The van der Waals surface area contributed by atoms with Gasteiger partial charge in [-0.1, -0.05) is 6.07 Å². The zero-order chi connectivity index (χ0) is 14.2. The highest BCUT2D eigenvalue weighted by molar-refractivity contribution is 5.85. The van der Waals surface area contributed by atoms with Crippen molar-refractivity contribution in [2.45, 2.75) is 0 Å². The van der Waals surface area contributed by atoms with Crippen LogP contribution in [0.2, 0.25) is 0 Å². The predicted molar refractivity (Wildman–Crippen MR) is 80.2 cm³/mol. The van der Waals surface area contributed by atoms with E-state index in [9.17, 15) is 0 Å². The fraction of sp³-hybridized carbons (Fsp3) is 0. The van der Waals surface area contributed by atoms with Crippen LogP contribution in [-0.2, 0) is 0 Å². The van der Waals surface area contributed by atoms with Crippen LogP contribution in [0.1, 0.15) is 5.56 Å². The van der Waals surface area contributed by atoms with Crippen LogP contribution >= 0.6 is 0 Å². The number of para-hydroxylation sites is 1. The summed E-state index contributed by atoms with van der Waals surface area (Å²) in [7, 11) is 0. The molecule has 0 aliphatic carbocycles. The Kier molecular flexibility index (Phi) is 2.38. The van der Waals surface area contributed by atoms with Crippen LogP contribution < -0.4 is 5.32 Å². The minimum absolute atomic E-state index is 0.557. The average molecular weight is 274 g/mol. The first-order chi connectivity index (χ1) is 10.3. The zero-order valence-corrected chi connectivity index (χ0v) is 10.9. The number of hydrogen-bond donors (Lipinski definition) is 3. The van der Waals surface area contributed by atoms with Gasteiger partial charge in [0, 0.05) is 11.1 Å². The van der Waals surface area contributed by atoms with Gasteiger partial charge in [0.05, 0.1) is 22.8 Å². The Bertz CT molecular complexity index is 988. The highest BCUT2D eigenvalue weighted by atomic mass is 15.1. The van der Waals surface area contributed by atoms with Gasteiger partial charge in [-0.05, 0) is 30.3 Å². The maximum absolute atomic E-state index is 9.09. The number of aromatic amines is 2. The van der Waals surface area contributed by atoms with Gasteiger partial charge in [0.1, 0.15) is 11.6 Å². The second-order valence-corrected chi connectivity index (χ2v) is 4.70. The molecule has 0 fully saturated rings. The van der Waals surface area contributed by atoms with E-state index in [1.807, 2.05) is 30.3 Å². The summed E-state index contributed by atoms with van der Waals surface area (Å²) in [6.07, 6.45) is 1.77. The average Bonchev–Trinajstić information content (AvgIpc) is 3.11. The van der Waals surface area contributed by atoms with Crippen LogP contribution in [-0.4, -0.2) is 20.2 Å². The fourth-order valence-electron chi connectivity index (χ4n) is 2.34. The molecule has 2 heterocycles. The van der Waals surface area contributed by atoms with Gasteiger partial charge >= 0.3 is 0 Å². The number of nitrogens with zero attached hydrogens (tertiary/aromatic N) is 3. The summed E-state index contributed by atoms with van der Waals surface area (Å²) in [5, 5.41) is 20.2. The minimum atomic E-state index is 0.557. The molecule has 0 atom stereocenters. The number of nitrogens with one attached hydrogen (secondary N) is 3. The lowest BCUT2D eigenvalue weighted by molar-refractivity contribution is 1.12. The van der Waals surface area contributed by atoms with E-state index in [1.54, 1.807) is 12.3 Å². The summed E-state index contributed by atoms with van der Waals surface area (Å²) in [6.45, 7) is 0. The Hall–Kier alpha value is -3.33. The molecule has 6 nitrogen and oxygen atoms in total. The molecular formula is C15H10N6. The third-order valence-electron chi connectivity index (χ3n) is 3.34. The number of benzene rings is 2. The van der Waals surface area contributed by atoms with Crippen molar-refractivity contribution in [2.75, 3.05) is 5.32 Å². The highest BCUT2D eigenvalue weighted by Gasteiger charge is 2.07. The lowest BCUT2D eigenvalue weighted by Crippen LogP contribution is -1.91. The number of anilines is 2. The Labute approximate surface area is 119 Å². The molecular weight excluding hydrogens is 264 g/mol. The van der Waals surface area contributed by atoms with E-state index in [1.165, 1.54) is 0 Å². The largest absolute Gasteiger partial charge is 0.326 e.